The highest BCUT2D eigenvalue weighted by Gasteiger charge is 2.33. The van der Waals surface area contributed by atoms with E-state index in [9.17, 15) is 9.59 Å². The summed E-state index contributed by atoms with van der Waals surface area (Å²) >= 11 is 6.13. The molecule has 6 nitrogen and oxygen atoms in total. The van der Waals surface area contributed by atoms with Gasteiger partial charge in [-0.15, -0.1) is 0 Å². The standard InChI is InChI=1S/C15H13ClN2O4/c16-11-4-2-1-3-10(11)13-12(17-8-22-13)14(19)18-6-5-9(7-18)15(20)21/h1-4,8-9H,5-7H2,(H,20,21). The highest BCUT2D eigenvalue weighted by atomic mass is 35.5. The van der Waals surface area contributed by atoms with Crippen molar-refractivity contribution in [2.45, 2.75) is 6.42 Å². The van der Waals surface area contributed by atoms with Crippen LogP contribution >= 0.6 is 11.6 Å². The molecule has 2 aromatic rings. The number of carboxylic acid groups (broad SMARTS) is 1. The summed E-state index contributed by atoms with van der Waals surface area (Å²) in [5, 5.41) is 9.48. The van der Waals surface area contributed by atoms with Gasteiger partial charge in [0.25, 0.3) is 5.91 Å². The molecule has 1 unspecified atom stereocenters. The number of aromatic nitrogens is 1. The second kappa shape index (κ2) is 5.81. The van der Waals surface area contributed by atoms with Gasteiger partial charge in [-0.25, -0.2) is 4.98 Å². The number of aliphatic carboxylic acids is 1. The van der Waals surface area contributed by atoms with Crippen LogP contribution in [0, 0.1) is 5.92 Å². The Balaban J connectivity index is 1.88. The van der Waals surface area contributed by atoms with E-state index in [2.05, 4.69) is 4.98 Å². The van der Waals surface area contributed by atoms with Crippen LogP contribution in [0.2, 0.25) is 5.02 Å². The molecule has 0 bridgehead atoms. The number of carbonyl (C=O) groups is 2. The molecule has 1 saturated heterocycles. The first-order valence-corrected chi connectivity index (χ1v) is 7.16. The minimum Gasteiger partial charge on any atom is -0.481 e. The topological polar surface area (TPSA) is 83.6 Å². The summed E-state index contributed by atoms with van der Waals surface area (Å²) in [7, 11) is 0. The van der Waals surface area contributed by atoms with Crippen molar-refractivity contribution >= 4 is 23.5 Å². The van der Waals surface area contributed by atoms with Crippen LogP contribution in [-0.2, 0) is 4.79 Å². The summed E-state index contributed by atoms with van der Waals surface area (Å²) in [6.45, 7) is 0.577. The fourth-order valence-corrected chi connectivity index (χ4v) is 2.75. The number of likely N-dealkylation sites (tertiary alicyclic amines) is 1. The maximum Gasteiger partial charge on any atom is 0.308 e. The second-order valence-corrected chi connectivity index (χ2v) is 5.49. The Bertz CT molecular complexity index is 728. The zero-order chi connectivity index (χ0) is 15.7. The Morgan fingerprint density at radius 2 is 2.14 bits per heavy atom. The Kier molecular flexibility index (Phi) is 3.85. The number of hydrogen-bond donors (Lipinski definition) is 1. The molecule has 1 aliphatic heterocycles. The molecule has 1 N–H and O–H groups in total. The number of nitrogens with zero attached hydrogens (tertiary/aromatic N) is 2. The normalized spacial score (nSPS) is 17.7. The molecule has 0 spiro atoms. The van der Waals surface area contributed by atoms with Crippen LogP contribution in [0.15, 0.2) is 35.1 Å². The van der Waals surface area contributed by atoms with Crippen LogP contribution < -0.4 is 0 Å². The lowest BCUT2D eigenvalue weighted by atomic mass is 10.1. The number of carbonyl (C=O) groups excluding carboxylic acids is 1. The number of oxazole rings is 1. The Labute approximate surface area is 131 Å². The lowest BCUT2D eigenvalue weighted by Gasteiger charge is -2.14. The first kappa shape index (κ1) is 14.6. The summed E-state index contributed by atoms with van der Waals surface area (Å²) in [6.07, 6.45) is 1.64. The van der Waals surface area contributed by atoms with Gasteiger partial charge in [-0.2, -0.15) is 0 Å². The molecule has 0 aliphatic carbocycles. The summed E-state index contributed by atoms with van der Waals surface area (Å²) in [5.41, 5.74) is 0.734. The van der Waals surface area contributed by atoms with Crippen LogP contribution in [0.5, 0.6) is 0 Å². The molecular formula is C15H13ClN2O4. The van der Waals surface area contributed by atoms with E-state index in [0.29, 0.717) is 29.3 Å². The quantitative estimate of drug-likeness (QED) is 0.939. The molecular weight excluding hydrogens is 308 g/mol. The van der Waals surface area contributed by atoms with Gasteiger partial charge in [0.1, 0.15) is 0 Å². The van der Waals surface area contributed by atoms with Crippen molar-refractivity contribution in [3.05, 3.63) is 41.4 Å². The van der Waals surface area contributed by atoms with E-state index in [1.807, 2.05) is 0 Å². The Morgan fingerprint density at radius 1 is 1.36 bits per heavy atom. The van der Waals surface area contributed by atoms with Gasteiger partial charge >= 0.3 is 5.97 Å². The van der Waals surface area contributed by atoms with Crippen LogP contribution in [-0.4, -0.2) is 40.0 Å². The van der Waals surface area contributed by atoms with Crippen molar-refractivity contribution in [3.63, 3.8) is 0 Å². The summed E-state index contributed by atoms with van der Waals surface area (Å²) in [6, 6.07) is 7.00. The number of halogens is 1. The van der Waals surface area contributed by atoms with Gasteiger partial charge in [0.2, 0.25) is 0 Å². The van der Waals surface area contributed by atoms with Crippen molar-refractivity contribution in [2.75, 3.05) is 13.1 Å². The van der Waals surface area contributed by atoms with Crippen molar-refractivity contribution in [1.82, 2.24) is 9.88 Å². The SMILES string of the molecule is O=C(O)C1CCN(C(=O)c2ncoc2-c2ccccc2Cl)C1. The van der Waals surface area contributed by atoms with E-state index in [4.69, 9.17) is 21.1 Å². The van der Waals surface area contributed by atoms with Crippen molar-refractivity contribution < 1.29 is 19.1 Å². The second-order valence-electron chi connectivity index (χ2n) is 5.08. The van der Waals surface area contributed by atoms with Crippen molar-refractivity contribution in [1.29, 1.82) is 0 Å². The Hall–Kier alpha value is -2.34. The van der Waals surface area contributed by atoms with E-state index in [1.165, 1.54) is 11.3 Å². The maximum atomic E-state index is 12.5. The van der Waals surface area contributed by atoms with E-state index in [0.717, 1.165) is 0 Å². The van der Waals surface area contributed by atoms with E-state index in [1.54, 1.807) is 24.3 Å². The molecule has 3 rings (SSSR count). The molecule has 1 aromatic heterocycles. The fraction of sp³-hybridized carbons (Fsp3) is 0.267. The molecule has 1 aromatic carbocycles. The van der Waals surface area contributed by atoms with Gasteiger partial charge in [-0.05, 0) is 18.6 Å². The molecule has 7 heteroatoms. The summed E-state index contributed by atoms with van der Waals surface area (Å²) in [5.74, 6) is -1.46. The third-order valence-electron chi connectivity index (χ3n) is 3.71. The smallest absolute Gasteiger partial charge is 0.308 e. The predicted octanol–water partition coefficient (Wildman–Crippen LogP) is 2.54. The number of rotatable bonds is 3. The lowest BCUT2D eigenvalue weighted by Crippen LogP contribution is -2.30. The number of benzene rings is 1. The predicted molar refractivity (Wildman–Crippen MR) is 78.6 cm³/mol. The van der Waals surface area contributed by atoms with Gasteiger partial charge in [-0.1, -0.05) is 23.7 Å². The molecule has 2 heterocycles. The zero-order valence-electron chi connectivity index (χ0n) is 11.5. The van der Waals surface area contributed by atoms with E-state index < -0.39 is 11.9 Å². The fourth-order valence-electron chi connectivity index (χ4n) is 2.53. The third-order valence-corrected chi connectivity index (χ3v) is 4.04. The van der Waals surface area contributed by atoms with Gasteiger partial charge in [-0.3, -0.25) is 9.59 Å². The van der Waals surface area contributed by atoms with Crippen LogP contribution in [0.1, 0.15) is 16.9 Å². The van der Waals surface area contributed by atoms with Crippen LogP contribution in [0.3, 0.4) is 0 Å². The minimum atomic E-state index is -0.887. The largest absolute Gasteiger partial charge is 0.481 e. The van der Waals surface area contributed by atoms with Crippen LogP contribution in [0.25, 0.3) is 11.3 Å². The number of carboxylic acids is 1. The molecule has 1 atom stereocenters. The minimum absolute atomic E-state index is 0.152. The third kappa shape index (κ3) is 2.57. The highest BCUT2D eigenvalue weighted by Crippen LogP contribution is 2.31. The van der Waals surface area contributed by atoms with Gasteiger partial charge in [0.05, 0.1) is 10.9 Å². The van der Waals surface area contributed by atoms with Crippen molar-refractivity contribution in [3.8, 4) is 11.3 Å². The first-order valence-electron chi connectivity index (χ1n) is 6.78. The molecule has 1 aliphatic rings. The molecule has 114 valence electrons. The van der Waals surface area contributed by atoms with Gasteiger partial charge in [0, 0.05) is 18.7 Å². The number of hydrogen-bond acceptors (Lipinski definition) is 4. The van der Waals surface area contributed by atoms with Crippen molar-refractivity contribution in [2.24, 2.45) is 5.92 Å². The molecule has 0 saturated carbocycles. The molecule has 1 amide bonds. The average molecular weight is 321 g/mol. The van der Waals surface area contributed by atoms with E-state index >= 15 is 0 Å². The monoisotopic (exact) mass is 320 g/mol. The average Bonchev–Trinajstić information content (AvgIpc) is 3.16. The van der Waals surface area contributed by atoms with Gasteiger partial charge < -0.3 is 14.4 Å². The van der Waals surface area contributed by atoms with Crippen LogP contribution in [0.4, 0.5) is 0 Å². The maximum absolute atomic E-state index is 12.5. The molecule has 1 fully saturated rings. The Morgan fingerprint density at radius 3 is 2.82 bits per heavy atom. The van der Waals surface area contributed by atoms with Gasteiger partial charge in [0.15, 0.2) is 17.8 Å². The highest BCUT2D eigenvalue weighted by molar-refractivity contribution is 6.33. The number of amides is 1. The molecule has 0 radical (unpaired) electrons. The molecule has 22 heavy (non-hydrogen) atoms. The summed E-state index contributed by atoms with van der Waals surface area (Å²) in [4.78, 5) is 29.0. The lowest BCUT2D eigenvalue weighted by molar-refractivity contribution is -0.141. The van der Waals surface area contributed by atoms with E-state index in [-0.39, 0.29) is 18.1 Å². The first-order chi connectivity index (χ1) is 10.6. The summed E-state index contributed by atoms with van der Waals surface area (Å²) < 4.78 is 5.33. The zero-order valence-corrected chi connectivity index (χ0v) is 12.3.